The van der Waals surface area contributed by atoms with Crippen molar-refractivity contribution >= 4 is 44.7 Å². The van der Waals surface area contributed by atoms with Crippen LogP contribution in [0.2, 0.25) is 5.02 Å². The van der Waals surface area contributed by atoms with E-state index in [0.29, 0.717) is 18.1 Å². The van der Waals surface area contributed by atoms with Gasteiger partial charge in [-0.3, -0.25) is 4.79 Å². The minimum absolute atomic E-state index is 0.196. The number of halogens is 1. The zero-order chi connectivity index (χ0) is 20.9. The molecule has 3 aromatic rings. The summed E-state index contributed by atoms with van der Waals surface area (Å²) in [4.78, 5) is 21.7. The lowest BCUT2D eigenvalue weighted by molar-refractivity contribution is -0.139. The van der Waals surface area contributed by atoms with Crippen molar-refractivity contribution < 1.29 is 4.79 Å². The Morgan fingerprint density at radius 1 is 1.14 bits per heavy atom. The molecule has 0 atom stereocenters. The summed E-state index contributed by atoms with van der Waals surface area (Å²) in [6, 6.07) is 6.01. The maximum Gasteiger partial charge on any atom is 0.228 e. The molecule has 6 nitrogen and oxygen atoms in total. The van der Waals surface area contributed by atoms with Gasteiger partial charge in [-0.2, -0.15) is 5.10 Å². The van der Waals surface area contributed by atoms with E-state index in [1.807, 2.05) is 62.4 Å². The topological polar surface area (TPSA) is 54.3 Å². The highest BCUT2D eigenvalue weighted by Crippen LogP contribution is 2.38. The number of benzene rings is 1. The Morgan fingerprint density at radius 2 is 1.83 bits per heavy atom. The predicted molar refractivity (Wildman–Crippen MR) is 119 cm³/mol. The van der Waals surface area contributed by atoms with Gasteiger partial charge in [-0.05, 0) is 32.0 Å². The van der Waals surface area contributed by atoms with Crippen LogP contribution in [0.4, 0.5) is 5.69 Å². The largest absolute Gasteiger partial charge is 0.365 e. The standard InChI is InChI=1S/C21H26ClN5OS/c1-13-12-14(2)27(24-13)20-23-17-16(29-20)7-6-15(22)18(17)25-8-10-26(11-9-25)19(28)21(3,4)5/h6-7,12H,8-11H2,1-5H3. The van der Waals surface area contributed by atoms with Gasteiger partial charge < -0.3 is 9.80 Å². The van der Waals surface area contributed by atoms with Crippen LogP contribution in [0.25, 0.3) is 15.3 Å². The molecule has 0 unspecified atom stereocenters. The second kappa shape index (κ2) is 7.29. The lowest BCUT2D eigenvalue weighted by Gasteiger charge is -2.39. The normalized spacial score (nSPS) is 15.4. The minimum atomic E-state index is -0.358. The van der Waals surface area contributed by atoms with Crippen LogP contribution in [0.15, 0.2) is 18.2 Å². The Bertz CT molecular complexity index is 1070. The average Bonchev–Trinajstić information content (AvgIpc) is 3.23. The summed E-state index contributed by atoms with van der Waals surface area (Å²) in [6.07, 6.45) is 0. The first-order chi connectivity index (χ1) is 13.6. The number of hydrogen-bond acceptors (Lipinski definition) is 5. The molecule has 154 valence electrons. The van der Waals surface area contributed by atoms with Crippen molar-refractivity contribution in [1.82, 2.24) is 19.7 Å². The summed E-state index contributed by atoms with van der Waals surface area (Å²) in [5, 5.41) is 6.10. The van der Waals surface area contributed by atoms with Crippen LogP contribution in [0.1, 0.15) is 32.2 Å². The number of hydrogen-bond donors (Lipinski definition) is 0. The smallest absolute Gasteiger partial charge is 0.228 e. The molecule has 1 amide bonds. The van der Waals surface area contributed by atoms with Gasteiger partial charge in [-0.15, -0.1) is 0 Å². The molecule has 3 heterocycles. The molecule has 0 saturated carbocycles. The Balaban J connectivity index is 1.65. The van der Waals surface area contributed by atoms with Crippen molar-refractivity contribution in [3.8, 4) is 5.13 Å². The van der Waals surface area contributed by atoms with E-state index in [-0.39, 0.29) is 11.3 Å². The highest BCUT2D eigenvalue weighted by atomic mass is 35.5. The van der Waals surface area contributed by atoms with Gasteiger partial charge in [-0.1, -0.05) is 43.7 Å². The van der Waals surface area contributed by atoms with Gasteiger partial charge in [0.05, 0.1) is 21.1 Å². The summed E-state index contributed by atoms with van der Waals surface area (Å²) in [7, 11) is 0. The summed E-state index contributed by atoms with van der Waals surface area (Å²) in [5.41, 5.74) is 3.53. The fourth-order valence-corrected chi connectivity index (χ4v) is 5.02. The molecule has 1 saturated heterocycles. The number of amides is 1. The number of aromatic nitrogens is 3. The average molecular weight is 432 g/mol. The molecular weight excluding hydrogens is 406 g/mol. The fraction of sp³-hybridized carbons (Fsp3) is 0.476. The number of piperazine rings is 1. The SMILES string of the molecule is Cc1cc(C)n(-c2nc3c(N4CCN(C(=O)C(C)(C)C)CC4)c(Cl)ccc3s2)n1. The first-order valence-electron chi connectivity index (χ1n) is 9.82. The number of nitrogens with zero attached hydrogens (tertiary/aromatic N) is 5. The molecule has 0 N–H and O–H groups in total. The molecule has 1 fully saturated rings. The Labute approximate surface area is 180 Å². The van der Waals surface area contributed by atoms with Crippen LogP contribution >= 0.6 is 22.9 Å². The number of carbonyl (C=O) groups excluding carboxylic acids is 1. The van der Waals surface area contributed by atoms with Crippen molar-refractivity contribution in [3.63, 3.8) is 0 Å². The molecule has 8 heteroatoms. The van der Waals surface area contributed by atoms with Gasteiger partial charge >= 0.3 is 0 Å². The van der Waals surface area contributed by atoms with Crippen molar-refractivity contribution in [2.24, 2.45) is 5.41 Å². The Morgan fingerprint density at radius 3 is 2.41 bits per heavy atom. The third kappa shape index (κ3) is 3.73. The number of thiazole rings is 1. The van der Waals surface area contributed by atoms with Crippen LogP contribution < -0.4 is 4.90 Å². The maximum absolute atomic E-state index is 12.6. The zero-order valence-electron chi connectivity index (χ0n) is 17.5. The van der Waals surface area contributed by atoms with Crippen molar-refractivity contribution in [1.29, 1.82) is 0 Å². The van der Waals surface area contributed by atoms with Gasteiger partial charge in [0.25, 0.3) is 0 Å². The molecule has 1 aliphatic heterocycles. The number of fused-ring (bicyclic) bond motifs is 1. The van der Waals surface area contributed by atoms with Crippen molar-refractivity contribution in [2.75, 3.05) is 31.1 Å². The summed E-state index contributed by atoms with van der Waals surface area (Å²) in [6.45, 7) is 12.8. The third-order valence-electron chi connectivity index (χ3n) is 5.19. The molecule has 0 bridgehead atoms. The molecule has 0 radical (unpaired) electrons. The third-order valence-corrected chi connectivity index (χ3v) is 6.49. The Kier molecular flexibility index (Phi) is 5.07. The van der Waals surface area contributed by atoms with Gasteiger partial charge in [0.1, 0.15) is 5.52 Å². The lowest BCUT2D eigenvalue weighted by Crippen LogP contribution is -2.51. The van der Waals surface area contributed by atoms with Gasteiger partial charge in [0.15, 0.2) is 0 Å². The van der Waals surface area contributed by atoms with E-state index >= 15 is 0 Å². The number of anilines is 1. The molecule has 29 heavy (non-hydrogen) atoms. The van der Waals surface area contributed by atoms with Crippen LogP contribution in [-0.2, 0) is 4.79 Å². The van der Waals surface area contributed by atoms with Crippen LogP contribution in [-0.4, -0.2) is 51.8 Å². The second-order valence-corrected chi connectivity index (χ2v) is 10.0. The highest BCUT2D eigenvalue weighted by Gasteiger charge is 2.31. The van der Waals surface area contributed by atoms with Crippen molar-refractivity contribution in [3.05, 3.63) is 34.6 Å². The number of rotatable bonds is 2. The first kappa shape index (κ1) is 20.2. The molecule has 0 aliphatic carbocycles. The van der Waals surface area contributed by atoms with E-state index in [1.54, 1.807) is 11.3 Å². The monoisotopic (exact) mass is 431 g/mol. The predicted octanol–water partition coefficient (Wildman–Crippen LogP) is 4.45. The van der Waals surface area contributed by atoms with Crippen LogP contribution in [0.3, 0.4) is 0 Å². The van der Waals surface area contributed by atoms with E-state index in [2.05, 4.69) is 10.00 Å². The summed E-state index contributed by atoms with van der Waals surface area (Å²) < 4.78 is 2.97. The molecule has 1 aliphatic rings. The molecule has 2 aromatic heterocycles. The highest BCUT2D eigenvalue weighted by molar-refractivity contribution is 7.20. The van der Waals surface area contributed by atoms with Gasteiger partial charge in [-0.25, -0.2) is 9.67 Å². The quantitative estimate of drug-likeness (QED) is 0.601. The minimum Gasteiger partial charge on any atom is -0.365 e. The van der Waals surface area contributed by atoms with E-state index in [9.17, 15) is 4.79 Å². The van der Waals surface area contributed by atoms with E-state index in [1.165, 1.54) is 0 Å². The molecule has 4 rings (SSSR count). The summed E-state index contributed by atoms with van der Waals surface area (Å²) >= 11 is 8.23. The van der Waals surface area contributed by atoms with Crippen LogP contribution in [0, 0.1) is 19.3 Å². The fourth-order valence-electron chi connectivity index (χ4n) is 3.77. The van der Waals surface area contributed by atoms with Gasteiger partial charge in [0.2, 0.25) is 11.0 Å². The van der Waals surface area contributed by atoms with Crippen molar-refractivity contribution in [2.45, 2.75) is 34.6 Å². The number of carbonyl (C=O) groups is 1. The Hall–Kier alpha value is -2.12. The first-order valence-corrected chi connectivity index (χ1v) is 11.0. The molecule has 0 spiro atoms. The molecule has 1 aromatic carbocycles. The van der Waals surface area contributed by atoms with Gasteiger partial charge in [0, 0.05) is 37.3 Å². The van der Waals surface area contributed by atoms with E-state index in [0.717, 1.165) is 45.5 Å². The summed E-state index contributed by atoms with van der Waals surface area (Å²) in [5.74, 6) is 0.196. The van der Waals surface area contributed by atoms with E-state index in [4.69, 9.17) is 16.6 Å². The van der Waals surface area contributed by atoms with E-state index < -0.39 is 0 Å². The van der Waals surface area contributed by atoms with Crippen LogP contribution in [0.5, 0.6) is 0 Å². The maximum atomic E-state index is 12.6. The molecular formula is C21H26ClN5OS. The lowest BCUT2D eigenvalue weighted by atomic mass is 9.94. The number of aryl methyl sites for hydroxylation is 2. The zero-order valence-corrected chi connectivity index (χ0v) is 19.1. The second-order valence-electron chi connectivity index (χ2n) is 8.61.